The minimum atomic E-state index is 0.764. The molecule has 0 aliphatic heterocycles. The maximum Gasteiger partial charge on any atom is -0.0179 e. The van der Waals surface area contributed by atoms with Crippen LogP contribution < -0.4 is 0 Å². The Bertz CT molecular complexity index is 303. The third-order valence-electron chi connectivity index (χ3n) is 7.20. The van der Waals surface area contributed by atoms with Crippen molar-refractivity contribution in [1.29, 1.82) is 0 Å². The van der Waals surface area contributed by atoms with Crippen molar-refractivity contribution in [2.45, 2.75) is 71.1 Å². The Balaban J connectivity index is 1.76. The molecule has 4 saturated carbocycles. The fraction of sp³-hybridized carbons (Fsp3) is 1.00. The Morgan fingerprint density at radius 3 is 2.47 bits per heavy atom. The first kappa shape index (κ1) is 9.07. The van der Waals surface area contributed by atoms with E-state index < -0.39 is 0 Å². The van der Waals surface area contributed by atoms with Gasteiger partial charge >= 0.3 is 0 Å². The predicted molar refractivity (Wildman–Crippen MR) is 62.6 cm³/mol. The van der Waals surface area contributed by atoms with E-state index in [0.29, 0.717) is 0 Å². The molecule has 2 spiro atoms. The van der Waals surface area contributed by atoms with Gasteiger partial charge in [0.15, 0.2) is 0 Å². The van der Waals surface area contributed by atoms with Gasteiger partial charge in [0.25, 0.3) is 0 Å². The summed E-state index contributed by atoms with van der Waals surface area (Å²) in [5, 5.41) is 0. The van der Waals surface area contributed by atoms with Gasteiger partial charge in [0.05, 0.1) is 0 Å². The summed E-state index contributed by atoms with van der Waals surface area (Å²) >= 11 is 0. The Morgan fingerprint density at radius 1 is 0.867 bits per heavy atom. The third kappa shape index (κ3) is 0.806. The molecule has 4 aliphatic carbocycles. The average molecular weight is 204 g/mol. The second kappa shape index (κ2) is 2.46. The zero-order chi connectivity index (χ0) is 10.1. The lowest BCUT2D eigenvalue weighted by Crippen LogP contribution is -2.45. The summed E-state index contributed by atoms with van der Waals surface area (Å²) in [4.78, 5) is 0. The van der Waals surface area contributed by atoms with Gasteiger partial charge in [-0.05, 0) is 67.1 Å². The molecule has 0 bridgehead atoms. The molecule has 0 N–H and O–H groups in total. The molecule has 4 atom stereocenters. The number of rotatable bonds is 0. The first-order chi connectivity index (χ1) is 7.23. The molecular weight excluding hydrogens is 180 g/mol. The van der Waals surface area contributed by atoms with E-state index in [4.69, 9.17) is 0 Å². The van der Waals surface area contributed by atoms with Crippen molar-refractivity contribution < 1.29 is 0 Å². The van der Waals surface area contributed by atoms with Crippen LogP contribution in [0.3, 0.4) is 0 Å². The first-order valence-electron chi connectivity index (χ1n) is 7.23. The Labute approximate surface area is 93.8 Å². The van der Waals surface area contributed by atoms with E-state index in [0.717, 1.165) is 16.2 Å². The van der Waals surface area contributed by atoms with Gasteiger partial charge in [-0.1, -0.05) is 26.2 Å². The molecule has 0 aromatic heterocycles. The van der Waals surface area contributed by atoms with E-state index >= 15 is 0 Å². The normalized spacial score (nSPS) is 61.8. The van der Waals surface area contributed by atoms with Crippen LogP contribution in [0.25, 0.3) is 0 Å². The van der Waals surface area contributed by atoms with Crippen molar-refractivity contribution in [1.82, 2.24) is 0 Å². The van der Waals surface area contributed by atoms with E-state index in [2.05, 4.69) is 6.92 Å². The van der Waals surface area contributed by atoms with Crippen LogP contribution in [0.1, 0.15) is 71.1 Å². The van der Waals surface area contributed by atoms with Crippen molar-refractivity contribution in [3.8, 4) is 0 Å². The number of hydrogen-bond acceptors (Lipinski definition) is 0. The van der Waals surface area contributed by atoms with E-state index in [1.165, 1.54) is 18.8 Å². The Kier molecular flexibility index (Phi) is 1.49. The molecular formula is C15H24. The van der Waals surface area contributed by atoms with Crippen molar-refractivity contribution in [2.75, 3.05) is 0 Å². The van der Waals surface area contributed by atoms with Gasteiger partial charge in [-0.2, -0.15) is 0 Å². The topological polar surface area (TPSA) is 0 Å². The van der Waals surface area contributed by atoms with Crippen molar-refractivity contribution in [3.63, 3.8) is 0 Å². The van der Waals surface area contributed by atoms with Crippen LogP contribution in [0.4, 0.5) is 0 Å². The number of hydrogen-bond donors (Lipinski definition) is 0. The molecule has 0 aromatic rings. The van der Waals surface area contributed by atoms with Crippen LogP contribution >= 0.6 is 0 Å². The van der Waals surface area contributed by atoms with Crippen molar-refractivity contribution in [2.24, 2.45) is 22.2 Å². The minimum Gasteiger partial charge on any atom is -0.0591 e. The molecule has 0 heterocycles. The maximum absolute atomic E-state index is 2.65. The van der Waals surface area contributed by atoms with Crippen LogP contribution in [0, 0.1) is 22.2 Å². The van der Waals surface area contributed by atoms with Gasteiger partial charge < -0.3 is 0 Å². The fourth-order valence-electron chi connectivity index (χ4n) is 6.14. The summed E-state index contributed by atoms with van der Waals surface area (Å²) in [5.41, 5.74) is 2.53. The maximum atomic E-state index is 2.65. The molecule has 0 heteroatoms. The van der Waals surface area contributed by atoms with Gasteiger partial charge in [-0.25, -0.2) is 0 Å². The van der Waals surface area contributed by atoms with Gasteiger partial charge in [-0.3, -0.25) is 0 Å². The summed E-state index contributed by atoms with van der Waals surface area (Å²) in [6.45, 7) is 2.65. The van der Waals surface area contributed by atoms with Gasteiger partial charge in [0, 0.05) is 0 Å². The highest BCUT2D eigenvalue weighted by Gasteiger charge is 2.79. The van der Waals surface area contributed by atoms with Crippen LogP contribution in [-0.4, -0.2) is 0 Å². The molecule has 15 heavy (non-hydrogen) atoms. The highest BCUT2D eigenvalue weighted by atomic mass is 14.8. The first-order valence-corrected chi connectivity index (χ1v) is 7.23. The average Bonchev–Trinajstić information content (AvgIpc) is 2.90. The molecule has 4 unspecified atom stereocenters. The zero-order valence-electron chi connectivity index (χ0n) is 10.1. The SMILES string of the molecule is CC12CCCCCC13CC31CCC1CC2. The highest BCUT2D eigenvalue weighted by Crippen LogP contribution is 2.88. The van der Waals surface area contributed by atoms with Crippen LogP contribution in [0.2, 0.25) is 0 Å². The quantitative estimate of drug-likeness (QED) is 0.543. The molecule has 0 radical (unpaired) electrons. The van der Waals surface area contributed by atoms with E-state index in [9.17, 15) is 0 Å². The largest absolute Gasteiger partial charge is 0.0591 e. The second-order valence-electron chi connectivity index (χ2n) is 7.31. The molecule has 84 valence electrons. The van der Waals surface area contributed by atoms with Crippen LogP contribution in [0.15, 0.2) is 0 Å². The van der Waals surface area contributed by atoms with E-state index in [1.54, 1.807) is 51.4 Å². The zero-order valence-corrected chi connectivity index (χ0v) is 10.1. The molecule has 4 aliphatic rings. The monoisotopic (exact) mass is 204 g/mol. The van der Waals surface area contributed by atoms with Gasteiger partial charge in [0.1, 0.15) is 0 Å². The Hall–Kier alpha value is 0. The predicted octanol–water partition coefficient (Wildman–Crippen LogP) is 4.54. The second-order valence-corrected chi connectivity index (χ2v) is 7.31. The highest BCUT2D eigenvalue weighted by molar-refractivity contribution is 5.28. The molecule has 4 rings (SSSR count). The summed E-state index contributed by atoms with van der Waals surface area (Å²) < 4.78 is 0. The molecule has 0 amide bonds. The lowest BCUT2D eigenvalue weighted by atomic mass is 9.51. The van der Waals surface area contributed by atoms with Crippen LogP contribution in [-0.2, 0) is 0 Å². The summed E-state index contributed by atoms with van der Waals surface area (Å²) in [6, 6.07) is 0. The fourth-order valence-corrected chi connectivity index (χ4v) is 6.14. The summed E-state index contributed by atoms with van der Waals surface area (Å²) in [6.07, 6.45) is 15.7. The Morgan fingerprint density at radius 2 is 1.67 bits per heavy atom. The molecule has 0 nitrogen and oxygen atoms in total. The summed E-state index contributed by atoms with van der Waals surface area (Å²) in [7, 11) is 0. The van der Waals surface area contributed by atoms with E-state index in [1.807, 2.05) is 0 Å². The van der Waals surface area contributed by atoms with Gasteiger partial charge in [-0.15, -0.1) is 0 Å². The smallest absolute Gasteiger partial charge is 0.0179 e. The van der Waals surface area contributed by atoms with Gasteiger partial charge in [0.2, 0.25) is 0 Å². The lowest BCUT2D eigenvalue weighted by molar-refractivity contribution is -0.0460. The van der Waals surface area contributed by atoms with Crippen molar-refractivity contribution in [3.05, 3.63) is 0 Å². The minimum absolute atomic E-state index is 0.764. The summed E-state index contributed by atoms with van der Waals surface area (Å²) in [5.74, 6) is 1.17. The standard InChI is InChI=1S/C15H24/c1-13-7-3-2-4-8-15(13)11-14(15)10-6-12(14)5-9-13/h12H,2-11H2,1H3. The van der Waals surface area contributed by atoms with E-state index in [-0.39, 0.29) is 0 Å². The van der Waals surface area contributed by atoms with Crippen molar-refractivity contribution >= 4 is 0 Å². The molecule has 4 fully saturated rings. The lowest BCUT2D eigenvalue weighted by Gasteiger charge is -2.54. The molecule has 0 saturated heterocycles. The third-order valence-corrected chi connectivity index (χ3v) is 7.20. The molecule has 0 aromatic carbocycles. The van der Waals surface area contributed by atoms with Crippen LogP contribution in [0.5, 0.6) is 0 Å².